The van der Waals surface area contributed by atoms with E-state index in [9.17, 15) is 14.0 Å². The van der Waals surface area contributed by atoms with Gasteiger partial charge in [0.25, 0.3) is 5.67 Å². The first-order chi connectivity index (χ1) is 8.14. The predicted molar refractivity (Wildman–Crippen MR) is 66.1 cm³/mol. The molecule has 0 aliphatic rings. The minimum absolute atomic E-state index is 0.147. The van der Waals surface area contributed by atoms with E-state index in [2.05, 4.69) is 0 Å². The summed E-state index contributed by atoms with van der Waals surface area (Å²) in [6, 6.07) is 7.85. The number of ether oxygens (including phenoxy) is 1. The minimum Gasteiger partial charge on any atom is -0.457 e. The van der Waals surface area contributed by atoms with Crippen LogP contribution in [0.5, 0.6) is 0 Å². The van der Waals surface area contributed by atoms with E-state index in [1.807, 2.05) is 0 Å². The van der Waals surface area contributed by atoms with Crippen LogP contribution in [0.25, 0.3) is 0 Å². The van der Waals surface area contributed by atoms with E-state index in [4.69, 9.17) is 4.74 Å². The van der Waals surface area contributed by atoms with Gasteiger partial charge in [-0.2, -0.15) is 0 Å². The second-order valence-corrected chi connectivity index (χ2v) is 5.20. The van der Waals surface area contributed by atoms with Crippen molar-refractivity contribution in [1.29, 1.82) is 0 Å². The summed E-state index contributed by atoms with van der Waals surface area (Å²) < 4.78 is 19.2. The molecule has 1 atom stereocenters. The van der Waals surface area contributed by atoms with E-state index in [1.165, 1.54) is 12.1 Å². The first-order valence-electron chi connectivity index (χ1n) is 5.67. The van der Waals surface area contributed by atoms with Crippen molar-refractivity contribution in [2.75, 3.05) is 0 Å². The smallest absolute Gasteiger partial charge is 0.352 e. The molecule has 0 bridgehead atoms. The van der Waals surface area contributed by atoms with E-state index in [1.54, 1.807) is 39.0 Å². The fraction of sp³-hybridized carbons (Fsp3) is 0.429. The lowest BCUT2D eigenvalue weighted by molar-refractivity contribution is -0.164. The molecule has 1 rings (SSSR count). The minimum atomic E-state index is -2.67. The zero-order valence-corrected chi connectivity index (χ0v) is 11.0. The molecule has 0 aliphatic heterocycles. The fourth-order valence-electron chi connectivity index (χ4n) is 1.33. The van der Waals surface area contributed by atoms with E-state index >= 15 is 0 Å². The van der Waals surface area contributed by atoms with E-state index in [0.29, 0.717) is 0 Å². The Bertz CT molecular complexity index is 444. The summed E-state index contributed by atoms with van der Waals surface area (Å²) in [5.74, 6) is -2.05. The summed E-state index contributed by atoms with van der Waals surface area (Å²) in [7, 11) is 0. The van der Waals surface area contributed by atoms with Crippen LogP contribution in [0.4, 0.5) is 4.39 Å². The van der Waals surface area contributed by atoms with Gasteiger partial charge in [-0.25, -0.2) is 9.18 Å². The van der Waals surface area contributed by atoms with Gasteiger partial charge < -0.3 is 4.74 Å². The highest BCUT2D eigenvalue weighted by atomic mass is 19.1. The lowest BCUT2D eigenvalue weighted by Crippen LogP contribution is -2.43. The van der Waals surface area contributed by atoms with Gasteiger partial charge in [-0.15, -0.1) is 0 Å². The molecular formula is C14H17FO3. The standard InChI is InChI=1S/C14H17FO3/c1-13(2,3)18-12(17)14(4,15)11(16)10-8-6-5-7-9-10/h5-9H,1-4H3/t14-/m1/s1. The highest BCUT2D eigenvalue weighted by Crippen LogP contribution is 2.22. The molecule has 0 amide bonds. The van der Waals surface area contributed by atoms with Crippen LogP contribution in [0.3, 0.4) is 0 Å². The Balaban J connectivity index is 2.93. The van der Waals surface area contributed by atoms with Crippen molar-refractivity contribution in [3.63, 3.8) is 0 Å². The third kappa shape index (κ3) is 3.39. The first kappa shape index (κ1) is 14.4. The molecule has 1 aromatic rings. The van der Waals surface area contributed by atoms with Gasteiger partial charge in [0.2, 0.25) is 5.78 Å². The van der Waals surface area contributed by atoms with Gasteiger partial charge in [-0.05, 0) is 27.7 Å². The summed E-state index contributed by atoms with van der Waals surface area (Å²) in [5, 5.41) is 0. The number of rotatable bonds is 3. The monoisotopic (exact) mass is 252 g/mol. The van der Waals surface area contributed by atoms with Crippen molar-refractivity contribution in [1.82, 2.24) is 0 Å². The first-order valence-corrected chi connectivity index (χ1v) is 5.67. The summed E-state index contributed by atoms with van der Waals surface area (Å²) in [5.41, 5.74) is -3.36. The van der Waals surface area contributed by atoms with Crippen molar-refractivity contribution < 1.29 is 18.7 Å². The van der Waals surface area contributed by atoms with Gasteiger partial charge >= 0.3 is 5.97 Å². The molecule has 0 saturated heterocycles. The molecule has 0 unspecified atom stereocenters. The molecule has 18 heavy (non-hydrogen) atoms. The third-order valence-corrected chi connectivity index (χ3v) is 2.24. The Hall–Kier alpha value is -1.71. The van der Waals surface area contributed by atoms with Crippen LogP contribution in [0.2, 0.25) is 0 Å². The molecule has 4 heteroatoms. The van der Waals surface area contributed by atoms with Crippen molar-refractivity contribution in [2.24, 2.45) is 0 Å². The van der Waals surface area contributed by atoms with Gasteiger partial charge in [-0.1, -0.05) is 30.3 Å². The largest absolute Gasteiger partial charge is 0.457 e. The molecule has 0 fully saturated rings. The lowest BCUT2D eigenvalue weighted by atomic mass is 9.96. The maximum atomic E-state index is 14.3. The van der Waals surface area contributed by atoms with Gasteiger partial charge in [0, 0.05) is 5.56 Å². The molecule has 3 nitrogen and oxygen atoms in total. The Morgan fingerprint density at radius 3 is 2.00 bits per heavy atom. The maximum Gasteiger partial charge on any atom is 0.352 e. The summed E-state index contributed by atoms with van der Waals surface area (Å²) in [4.78, 5) is 23.6. The van der Waals surface area contributed by atoms with Crippen LogP contribution in [0, 0.1) is 0 Å². The van der Waals surface area contributed by atoms with Gasteiger partial charge in [0.1, 0.15) is 5.60 Å². The molecule has 98 valence electrons. The van der Waals surface area contributed by atoms with Crippen LogP contribution in [-0.4, -0.2) is 23.0 Å². The molecule has 1 aromatic carbocycles. The normalized spacial score (nSPS) is 14.7. The topological polar surface area (TPSA) is 43.4 Å². The molecule has 0 heterocycles. The number of hydrogen-bond donors (Lipinski definition) is 0. The average molecular weight is 252 g/mol. The zero-order chi connectivity index (χ0) is 14.0. The Morgan fingerprint density at radius 1 is 1.06 bits per heavy atom. The van der Waals surface area contributed by atoms with Gasteiger partial charge in [-0.3, -0.25) is 4.79 Å². The SMILES string of the molecule is CC(C)(C)OC(=O)[C@](C)(F)C(=O)c1ccccc1. The quantitative estimate of drug-likeness (QED) is 0.472. The number of hydrogen-bond acceptors (Lipinski definition) is 3. The van der Waals surface area contributed by atoms with Crippen LogP contribution < -0.4 is 0 Å². The van der Waals surface area contributed by atoms with Crippen molar-refractivity contribution in [3.05, 3.63) is 35.9 Å². The second-order valence-electron chi connectivity index (χ2n) is 5.20. The highest BCUT2D eigenvalue weighted by molar-refractivity contribution is 6.15. The number of benzene rings is 1. The second kappa shape index (κ2) is 4.88. The Labute approximate surface area is 106 Å². The summed E-state index contributed by atoms with van der Waals surface area (Å²) in [6.07, 6.45) is 0. The number of alkyl halides is 1. The number of carbonyl (C=O) groups is 2. The van der Waals surface area contributed by atoms with Crippen LogP contribution in [0.15, 0.2) is 30.3 Å². The van der Waals surface area contributed by atoms with Gasteiger partial charge in [0.15, 0.2) is 0 Å². The number of ketones is 1. The molecule has 0 N–H and O–H groups in total. The molecule has 0 aliphatic carbocycles. The number of carbonyl (C=O) groups excluding carboxylic acids is 2. The molecular weight excluding hydrogens is 235 g/mol. The van der Waals surface area contributed by atoms with Crippen molar-refractivity contribution in [3.8, 4) is 0 Å². The Morgan fingerprint density at radius 2 is 1.56 bits per heavy atom. The number of halogens is 1. The summed E-state index contributed by atoms with van der Waals surface area (Å²) >= 11 is 0. The maximum absolute atomic E-state index is 14.3. The van der Waals surface area contributed by atoms with Crippen LogP contribution in [-0.2, 0) is 9.53 Å². The van der Waals surface area contributed by atoms with Crippen LogP contribution in [0.1, 0.15) is 38.1 Å². The lowest BCUT2D eigenvalue weighted by Gasteiger charge is -2.25. The highest BCUT2D eigenvalue weighted by Gasteiger charge is 2.44. The van der Waals surface area contributed by atoms with Crippen molar-refractivity contribution >= 4 is 11.8 Å². The zero-order valence-electron chi connectivity index (χ0n) is 11.0. The third-order valence-electron chi connectivity index (χ3n) is 2.24. The molecule has 0 aromatic heterocycles. The molecule has 0 spiro atoms. The molecule has 0 saturated carbocycles. The average Bonchev–Trinajstić information content (AvgIpc) is 2.27. The summed E-state index contributed by atoms with van der Waals surface area (Å²) in [6.45, 7) is 5.78. The predicted octanol–water partition coefficient (Wildman–Crippen LogP) is 2.94. The van der Waals surface area contributed by atoms with E-state index < -0.39 is 23.0 Å². The number of Topliss-reactive ketones (excluding diaryl/α,β-unsaturated/α-hetero) is 1. The Kier molecular flexibility index (Phi) is 3.89. The molecule has 0 radical (unpaired) electrons. The van der Waals surface area contributed by atoms with Crippen molar-refractivity contribution in [2.45, 2.75) is 39.0 Å². The van der Waals surface area contributed by atoms with Gasteiger partial charge in [0.05, 0.1) is 0 Å². The van der Waals surface area contributed by atoms with Crippen LogP contribution >= 0.6 is 0 Å². The fourth-order valence-corrected chi connectivity index (χ4v) is 1.33. The number of esters is 1. The van der Waals surface area contributed by atoms with E-state index in [0.717, 1.165) is 6.92 Å². The van der Waals surface area contributed by atoms with E-state index in [-0.39, 0.29) is 5.56 Å².